The van der Waals surface area contributed by atoms with Crippen molar-refractivity contribution in [3.8, 4) is 0 Å². The Morgan fingerprint density at radius 1 is 1.03 bits per heavy atom. The Bertz CT molecular complexity index is 1160. The van der Waals surface area contributed by atoms with Crippen LogP contribution < -0.4 is 10.0 Å². The number of fused-ring (bicyclic) bond motifs is 1. The quantitative estimate of drug-likeness (QED) is 0.435. The zero-order valence-electron chi connectivity index (χ0n) is 17.3. The Kier molecular flexibility index (Phi) is 5.92. The molecular weight excluding hydrogens is 394 g/mol. The van der Waals surface area contributed by atoms with Crippen LogP contribution in [0.4, 0.5) is 11.5 Å². The van der Waals surface area contributed by atoms with Crippen molar-refractivity contribution >= 4 is 33.6 Å². The minimum Gasteiger partial charge on any atom is -0.588 e. The number of hydrogen-bond donors (Lipinski definition) is 2. The molecule has 0 aliphatic rings. The molecule has 4 rings (SSSR count). The van der Waals surface area contributed by atoms with Gasteiger partial charge in [-0.1, -0.05) is 42.5 Å². The molecule has 1 unspecified atom stereocenters. The molecule has 6 nitrogen and oxygen atoms in total. The molecule has 154 valence electrons. The van der Waals surface area contributed by atoms with Crippen LogP contribution in [0.15, 0.2) is 65.7 Å². The molecule has 0 amide bonds. The van der Waals surface area contributed by atoms with E-state index in [2.05, 4.69) is 62.6 Å². The van der Waals surface area contributed by atoms with E-state index in [9.17, 15) is 4.55 Å². The average Bonchev–Trinajstić information content (AvgIpc) is 3.00. The highest BCUT2D eigenvalue weighted by Crippen LogP contribution is 2.23. The molecule has 0 spiro atoms. The normalized spacial score (nSPS) is 12.1. The Morgan fingerprint density at radius 2 is 1.83 bits per heavy atom. The minimum atomic E-state index is -1.39. The summed E-state index contributed by atoms with van der Waals surface area (Å²) in [5.41, 5.74) is 3.85. The van der Waals surface area contributed by atoms with Crippen LogP contribution in [0.1, 0.15) is 17.0 Å². The first-order valence-corrected chi connectivity index (χ1v) is 11.0. The minimum absolute atomic E-state index is 0.623. The van der Waals surface area contributed by atoms with Crippen LogP contribution in [0.25, 0.3) is 10.8 Å². The van der Waals surface area contributed by atoms with E-state index >= 15 is 0 Å². The zero-order chi connectivity index (χ0) is 21.1. The Balaban J connectivity index is 1.33. The van der Waals surface area contributed by atoms with Crippen molar-refractivity contribution in [3.63, 3.8) is 0 Å². The van der Waals surface area contributed by atoms with E-state index < -0.39 is 11.4 Å². The molecule has 0 fully saturated rings. The highest BCUT2D eigenvalue weighted by molar-refractivity contribution is 7.92. The predicted molar refractivity (Wildman–Crippen MR) is 123 cm³/mol. The molecule has 1 atom stereocenters. The van der Waals surface area contributed by atoms with Gasteiger partial charge in [-0.15, -0.1) is 0 Å². The van der Waals surface area contributed by atoms with Gasteiger partial charge in [0.1, 0.15) is 22.9 Å². The number of pyridine rings is 1. The van der Waals surface area contributed by atoms with Gasteiger partial charge in [0.2, 0.25) is 0 Å². The van der Waals surface area contributed by atoms with Gasteiger partial charge in [-0.2, -0.15) is 9.82 Å². The fourth-order valence-electron chi connectivity index (χ4n) is 3.40. The number of aromatic nitrogens is 3. The molecule has 7 heteroatoms. The number of rotatable bonds is 7. The summed E-state index contributed by atoms with van der Waals surface area (Å²) in [4.78, 5) is 5.03. The summed E-state index contributed by atoms with van der Waals surface area (Å²) in [5, 5.41) is 10.2. The number of hydrogen-bond acceptors (Lipinski definition) is 5. The Morgan fingerprint density at radius 3 is 2.53 bits per heavy atom. The fraction of sp³-hybridized carbons (Fsp3) is 0.217. The van der Waals surface area contributed by atoms with Crippen molar-refractivity contribution < 1.29 is 4.55 Å². The molecule has 0 bridgehead atoms. The molecule has 2 aromatic carbocycles. The number of anilines is 2. The lowest BCUT2D eigenvalue weighted by molar-refractivity contribution is 0.599. The van der Waals surface area contributed by atoms with Gasteiger partial charge in [-0.3, -0.25) is 4.68 Å². The first-order chi connectivity index (χ1) is 14.5. The third kappa shape index (κ3) is 4.42. The first kappa shape index (κ1) is 20.3. The monoisotopic (exact) mass is 419 g/mol. The van der Waals surface area contributed by atoms with Gasteiger partial charge >= 0.3 is 0 Å². The van der Waals surface area contributed by atoms with E-state index in [4.69, 9.17) is 0 Å². The average molecular weight is 420 g/mol. The molecule has 0 aliphatic carbocycles. The van der Waals surface area contributed by atoms with Crippen LogP contribution in [-0.4, -0.2) is 25.9 Å². The van der Waals surface area contributed by atoms with Gasteiger partial charge in [0, 0.05) is 19.7 Å². The Hall–Kier alpha value is -3.03. The first-order valence-electron chi connectivity index (χ1n) is 9.87. The van der Waals surface area contributed by atoms with Crippen molar-refractivity contribution in [2.45, 2.75) is 25.2 Å². The maximum Gasteiger partial charge on any atom is 0.198 e. The highest BCUT2D eigenvalue weighted by Gasteiger charge is 2.18. The SMILES string of the molecule is Cc1nn(C)c(C)c1N[S+]([O-])c1ccc(NCCc2ccc3ccccc3c2)nc1. The van der Waals surface area contributed by atoms with E-state index in [1.807, 2.05) is 33.0 Å². The highest BCUT2D eigenvalue weighted by atomic mass is 32.2. The number of benzene rings is 2. The number of aryl methyl sites for hydroxylation is 2. The van der Waals surface area contributed by atoms with Crippen molar-refractivity contribution in [2.75, 3.05) is 16.6 Å². The second-order valence-corrected chi connectivity index (χ2v) is 8.49. The summed E-state index contributed by atoms with van der Waals surface area (Å²) in [7, 11) is 1.87. The van der Waals surface area contributed by atoms with Crippen molar-refractivity contribution in [3.05, 3.63) is 77.7 Å². The largest absolute Gasteiger partial charge is 0.588 e. The summed E-state index contributed by atoms with van der Waals surface area (Å²) in [5.74, 6) is 0.769. The van der Waals surface area contributed by atoms with Crippen LogP contribution in [0.5, 0.6) is 0 Å². The second-order valence-electron chi connectivity index (χ2n) is 7.28. The fourth-order valence-corrected chi connectivity index (χ4v) is 4.34. The van der Waals surface area contributed by atoms with Crippen LogP contribution in [0, 0.1) is 13.8 Å². The molecule has 2 heterocycles. The van der Waals surface area contributed by atoms with E-state index in [1.54, 1.807) is 10.9 Å². The van der Waals surface area contributed by atoms with Crippen LogP contribution >= 0.6 is 0 Å². The standard InChI is InChI=1S/C23H25N5OS/c1-16-23(17(2)28(3)26-16)27-30(29)21-10-11-22(25-15-21)24-13-12-18-8-9-19-6-4-5-7-20(19)14-18/h4-11,14-15,27H,12-13H2,1-3H3,(H,24,25). The Labute approximate surface area is 179 Å². The maximum atomic E-state index is 12.6. The molecule has 4 aromatic rings. The van der Waals surface area contributed by atoms with Crippen molar-refractivity contribution in [1.82, 2.24) is 14.8 Å². The van der Waals surface area contributed by atoms with E-state index in [1.165, 1.54) is 16.3 Å². The van der Waals surface area contributed by atoms with Crippen LogP contribution in [-0.2, 0) is 24.8 Å². The van der Waals surface area contributed by atoms with Gasteiger partial charge in [0.05, 0.1) is 17.6 Å². The van der Waals surface area contributed by atoms with Crippen LogP contribution in [0.3, 0.4) is 0 Å². The predicted octanol–water partition coefficient (Wildman–Crippen LogP) is 4.37. The summed E-state index contributed by atoms with van der Waals surface area (Å²) in [6.45, 7) is 4.62. The maximum absolute atomic E-state index is 12.6. The van der Waals surface area contributed by atoms with Crippen molar-refractivity contribution in [1.29, 1.82) is 0 Å². The molecule has 30 heavy (non-hydrogen) atoms. The lowest BCUT2D eigenvalue weighted by Gasteiger charge is -2.12. The van der Waals surface area contributed by atoms with Crippen LogP contribution in [0.2, 0.25) is 0 Å². The molecule has 0 saturated carbocycles. The molecular formula is C23H25N5OS. The number of nitrogens with zero attached hydrogens (tertiary/aromatic N) is 3. The van der Waals surface area contributed by atoms with Gasteiger partial charge in [0.15, 0.2) is 4.90 Å². The summed E-state index contributed by atoms with van der Waals surface area (Å²) in [6, 6.07) is 18.6. The summed E-state index contributed by atoms with van der Waals surface area (Å²) >= 11 is -1.39. The summed E-state index contributed by atoms with van der Waals surface area (Å²) in [6.07, 6.45) is 2.55. The number of nitrogens with one attached hydrogen (secondary N) is 2. The zero-order valence-corrected chi connectivity index (χ0v) is 18.2. The van der Waals surface area contributed by atoms with Gasteiger partial charge < -0.3 is 9.87 Å². The third-order valence-electron chi connectivity index (χ3n) is 5.19. The molecule has 2 aromatic heterocycles. The molecule has 0 radical (unpaired) electrons. The van der Waals surface area contributed by atoms with E-state index in [0.717, 1.165) is 35.9 Å². The molecule has 0 aliphatic heterocycles. The summed E-state index contributed by atoms with van der Waals surface area (Å²) < 4.78 is 17.5. The van der Waals surface area contributed by atoms with Gasteiger partial charge in [0.25, 0.3) is 0 Å². The topological polar surface area (TPSA) is 77.8 Å². The molecule has 2 N–H and O–H groups in total. The lowest BCUT2D eigenvalue weighted by atomic mass is 10.1. The smallest absolute Gasteiger partial charge is 0.198 e. The van der Waals surface area contributed by atoms with E-state index in [-0.39, 0.29) is 0 Å². The van der Waals surface area contributed by atoms with E-state index in [0.29, 0.717) is 4.90 Å². The van der Waals surface area contributed by atoms with Crippen molar-refractivity contribution in [2.24, 2.45) is 7.05 Å². The lowest BCUT2D eigenvalue weighted by Crippen LogP contribution is -2.15. The third-order valence-corrected chi connectivity index (χ3v) is 6.25. The van der Waals surface area contributed by atoms with Gasteiger partial charge in [-0.25, -0.2) is 4.98 Å². The molecule has 0 saturated heterocycles. The second kappa shape index (κ2) is 8.77. The van der Waals surface area contributed by atoms with Gasteiger partial charge in [-0.05, 0) is 42.7 Å².